The van der Waals surface area contributed by atoms with Crippen molar-refractivity contribution in [1.82, 2.24) is 0 Å². The number of hydrogen-bond donors (Lipinski definition) is 1. The maximum atomic E-state index is 5.64. The third kappa shape index (κ3) is 2.99. The fourth-order valence-corrected chi connectivity index (χ4v) is 2.28. The molecule has 0 aromatic heterocycles. The zero-order chi connectivity index (χ0) is 13.8. The van der Waals surface area contributed by atoms with Crippen LogP contribution in [0.5, 0.6) is 0 Å². The van der Waals surface area contributed by atoms with Gasteiger partial charge in [0.25, 0.3) is 6.02 Å². The van der Waals surface area contributed by atoms with E-state index in [2.05, 4.69) is 59.7 Å². The fourth-order valence-electron chi connectivity index (χ4n) is 2.28. The molecule has 0 unspecified atom stereocenters. The zero-order valence-electron chi connectivity index (χ0n) is 11.6. The van der Waals surface area contributed by atoms with Crippen LogP contribution in [0.4, 0.5) is 5.69 Å². The summed E-state index contributed by atoms with van der Waals surface area (Å²) in [7, 11) is 0. The number of aliphatic imine (C=N–C) groups is 1. The van der Waals surface area contributed by atoms with Gasteiger partial charge in [0.15, 0.2) is 0 Å². The maximum absolute atomic E-state index is 5.64. The fraction of sp³-hybridized carbons (Fsp3) is 0.235. The Morgan fingerprint density at radius 1 is 1.15 bits per heavy atom. The molecule has 0 atom stereocenters. The van der Waals surface area contributed by atoms with Crippen LogP contribution >= 0.6 is 0 Å². The van der Waals surface area contributed by atoms with Crippen LogP contribution in [0.2, 0.25) is 0 Å². The van der Waals surface area contributed by atoms with Gasteiger partial charge in [-0.1, -0.05) is 48.0 Å². The first-order valence-electron chi connectivity index (χ1n) is 6.89. The highest BCUT2D eigenvalue weighted by Gasteiger charge is 2.13. The van der Waals surface area contributed by atoms with Gasteiger partial charge in [-0.2, -0.15) is 0 Å². The second-order valence-electron chi connectivity index (χ2n) is 5.00. The molecule has 3 rings (SSSR count). The molecule has 102 valence electrons. The lowest BCUT2D eigenvalue weighted by Gasteiger charge is -2.20. The predicted molar refractivity (Wildman–Crippen MR) is 82.0 cm³/mol. The summed E-state index contributed by atoms with van der Waals surface area (Å²) in [6.45, 7) is 3.41. The molecule has 2 aromatic carbocycles. The van der Waals surface area contributed by atoms with Crippen LogP contribution in [-0.2, 0) is 17.8 Å². The monoisotopic (exact) mass is 266 g/mol. The molecule has 3 nitrogen and oxygen atoms in total. The molecule has 0 saturated carbocycles. The molecule has 0 spiro atoms. The Labute approximate surface area is 119 Å². The van der Waals surface area contributed by atoms with Crippen LogP contribution in [0.3, 0.4) is 0 Å². The van der Waals surface area contributed by atoms with E-state index in [0.717, 1.165) is 18.7 Å². The number of rotatable bonds is 3. The van der Waals surface area contributed by atoms with E-state index < -0.39 is 0 Å². The van der Waals surface area contributed by atoms with E-state index in [1.807, 2.05) is 6.07 Å². The van der Waals surface area contributed by atoms with E-state index >= 15 is 0 Å². The van der Waals surface area contributed by atoms with E-state index in [4.69, 9.17) is 4.74 Å². The molecule has 0 bridgehead atoms. The van der Waals surface area contributed by atoms with E-state index in [1.165, 1.54) is 16.7 Å². The minimum Gasteiger partial charge on any atom is -0.460 e. The number of amidine groups is 1. The molecule has 3 heteroatoms. The van der Waals surface area contributed by atoms with Crippen LogP contribution in [-0.4, -0.2) is 12.6 Å². The normalized spacial score (nSPS) is 15.3. The van der Waals surface area contributed by atoms with Gasteiger partial charge in [0.2, 0.25) is 0 Å². The number of nitrogens with one attached hydrogen (secondary N) is 1. The Balaban J connectivity index is 1.62. The van der Waals surface area contributed by atoms with Crippen molar-refractivity contribution in [2.24, 2.45) is 4.99 Å². The molecule has 0 fully saturated rings. The zero-order valence-corrected chi connectivity index (χ0v) is 11.6. The lowest BCUT2D eigenvalue weighted by molar-refractivity contribution is 0.284. The molecule has 1 heterocycles. The molecule has 0 amide bonds. The summed E-state index contributed by atoms with van der Waals surface area (Å²) in [5.74, 6) is 0. The number of hydrogen-bond acceptors (Lipinski definition) is 2. The van der Waals surface area contributed by atoms with Crippen molar-refractivity contribution in [1.29, 1.82) is 0 Å². The first-order valence-corrected chi connectivity index (χ1v) is 6.89. The highest BCUT2D eigenvalue weighted by atomic mass is 16.5. The molecule has 2 aromatic rings. The number of benzene rings is 2. The predicted octanol–water partition coefficient (Wildman–Crippen LogP) is 3.54. The highest BCUT2D eigenvalue weighted by Crippen LogP contribution is 2.22. The SMILES string of the molecule is Cc1ccc2c(c1)COC(=NCCc1ccccc1)N2. The average Bonchev–Trinajstić information content (AvgIpc) is 2.48. The molecule has 1 aliphatic rings. The quantitative estimate of drug-likeness (QED) is 0.922. The van der Waals surface area contributed by atoms with E-state index in [9.17, 15) is 0 Å². The third-order valence-corrected chi connectivity index (χ3v) is 3.37. The topological polar surface area (TPSA) is 33.6 Å². The van der Waals surface area contributed by atoms with Crippen molar-refractivity contribution in [3.8, 4) is 0 Å². The van der Waals surface area contributed by atoms with Crippen LogP contribution in [0.15, 0.2) is 53.5 Å². The largest absolute Gasteiger partial charge is 0.460 e. The molecule has 20 heavy (non-hydrogen) atoms. The summed E-state index contributed by atoms with van der Waals surface area (Å²) in [6.07, 6.45) is 0.927. The van der Waals surface area contributed by atoms with Gasteiger partial charge in [-0.25, -0.2) is 4.99 Å². The first kappa shape index (κ1) is 12.7. The molecule has 0 aliphatic carbocycles. The van der Waals surface area contributed by atoms with E-state index in [-0.39, 0.29) is 0 Å². The van der Waals surface area contributed by atoms with Gasteiger partial charge in [-0.15, -0.1) is 0 Å². The van der Waals surface area contributed by atoms with Gasteiger partial charge in [-0.3, -0.25) is 0 Å². The third-order valence-electron chi connectivity index (χ3n) is 3.37. The molecule has 1 N–H and O–H groups in total. The maximum Gasteiger partial charge on any atom is 0.289 e. The summed E-state index contributed by atoms with van der Waals surface area (Å²) in [5, 5.41) is 3.24. The van der Waals surface area contributed by atoms with Crippen molar-refractivity contribution in [2.75, 3.05) is 11.9 Å². The lowest BCUT2D eigenvalue weighted by atomic mass is 10.1. The number of ether oxygens (including phenoxy) is 1. The van der Waals surface area contributed by atoms with Crippen molar-refractivity contribution < 1.29 is 4.74 Å². The smallest absolute Gasteiger partial charge is 0.289 e. The Hall–Kier alpha value is -2.29. The minimum absolute atomic E-state index is 0.591. The van der Waals surface area contributed by atoms with Crippen LogP contribution in [0.1, 0.15) is 16.7 Å². The van der Waals surface area contributed by atoms with Gasteiger partial charge in [0.05, 0.1) is 0 Å². The molecule has 0 saturated heterocycles. The van der Waals surface area contributed by atoms with Gasteiger partial charge < -0.3 is 10.1 Å². The summed E-state index contributed by atoms with van der Waals surface area (Å²) in [6, 6.07) is 17.3. The number of aryl methyl sites for hydroxylation is 1. The second kappa shape index (κ2) is 5.78. The summed E-state index contributed by atoms with van der Waals surface area (Å²) in [4.78, 5) is 4.48. The molecular weight excluding hydrogens is 248 g/mol. The van der Waals surface area contributed by atoms with Gasteiger partial charge in [-0.05, 0) is 25.0 Å². The standard InChI is InChI=1S/C17H18N2O/c1-13-7-8-16-15(11-13)12-20-17(19-16)18-10-9-14-5-3-2-4-6-14/h2-8,11H,9-10,12H2,1H3,(H,18,19). The summed E-state index contributed by atoms with van der Waals surface area (Å²) >= 11 is 0. The van der Waals surface area contributed by atoms with E-state index in [0.29, 0.717) is 12.6 Å². The number of nitrogens with zero attached hydrogens (tertiary/aromatic N) is 1. The van der Waals surface area contributed by atoms with Crippen LogP contribution in [0, 0.1) is 6.92 Å². The summed E-state index contributed by atoms with van der Waals surface area (Å²) in [5.41, 5.74) is 4.83. The van der Waals surface area contributed by atoms with Crippen LogP contribution < -0.4 is 5.32 Å². The Morgan fingerprint density at radius 2 is 2.00 bits per heavy atom. The average molecular weight is 266 g/mol. The lowest BCUT2D eigenvalue weighted by Crippen LogP contribution is -2.23. The highest BCUT2D eigenvalue weighted by molar-refractivity contribution is 5.91. The van der Waals surface area contributed by atoms with Crippen molar-refractivity contribution in [3.63, 3.8) is 0 Å². The molecule has 0 radical (unpaired) electrons. The first-order chi connectivity index (χ1) is 9.81. The Morgan fingerprint density at radius 3 is 2.85 bits per heavy atom. The van der Waals surface area contributed by atoms with Crippen LogP contribution in [0.25, 0.3) is 0 Å². The van der Waals surface area contributed by atoms with Crippen molar-refractivity contribution in [3.05, 3.63) is 65.2 Å². The molecular formula is C17H18N2O. The Bertz CT molecular complexity index is 620. The Kier molecular flexibility index (Phi) is 3.68. The van der Waals surface area contributed by atoms with Gasteiger partial charge in [0.1, 0.15) is 6.61 Å². The second-order valence-corrected chi connectivity index (χ2v) is 5.00. The van der Waals surface area contributed by atoms with Gasteiger partial charge in [0, 0.05) is 17.8 Å². The summed E-state index contributed by atoms with van der Waals surface area (Å²) < 4.78 is 5.64. The molecule has 1 aliphatic heterocycles. The number of anilines is 1. The number of fused-ring (bicyclic) bond motifs is 1. The minimum atomic E-state index is 0.591. The van der Waals surface area contributed by atoms with Crippen molar-refractivity contribution >= 4 is 11.7 Å². The van der Waals surface area contributed by atoms with Crippen molar-refractivity contribution in [2.45, 2.75) is 20.0 Å². The van der Waals surface area contributed by atoms with E-state index in [1.54, 1.807) is 0 Å². The van der Waals surface area contributed by atoms with Gasteiger partial charge >= 0.3 is 0 Å².